The van der Waals surface area contributed by atoms with E-state index in [4.69, 9.17) is 9.63 Å². The molecule has 2 aromatic rings. The normalized spacial score (nSPS) is 13.7. The predicted molar refractivity (Wildman–Crippen MR) is 87.4 cm³/mol. The first-order chi connectivity index (χ1) is 11.6. The van der Waals surface area contributed by atoms with Gasteiger partial charge in [0.15, 0.2) is 10.4 Å². The number of amides is 1. The first-order valence-electron chi connectivity index (χ1n) is 7.61. The van der Waals surface area contributed by atoms with Gasteiger partial charge in [-0.1, -0.05) is 11.2 Å². The van der Waals surface area contributed by atoms with Crippen LogP contribution < -0.4 is 0 Å². The van der Waals surface area contributed by atoms with E-state index in [0.29, 0.717) is 15.9 Å². The van der Waals surface area contributed by atoms with E-state index >= 15 is 0 Å². The van der Waals surface area contributed by atoms with Crippen LogP contribution in [-0.2, 0) is 11.3 Å². The lowest BCUT2D eigenvalue weighted by atomic mass is 10.1. The average molecular weight is 394 g/mol. The number of carbonyl (C=O) groups excluding carboxylic acids is 1. The van der Waals surface area contributed by atoms with Gasteiger partial charge >= 0.3 is 5.97 Å². The summed E-state index contributed by atoms with van der Waals surface area (Å²) in [6, 6.07) is 3.62. The van der Waals surface area contributed by atoms with E-state index in [2.05, 4.69) is 26.1 Å². The molecule has 1 amide bonds. The molecule has 24 heavy (non-hydrogen) atoms. The zero-order valence-corrected chi connectivity index (χ0v) is 14.4. The van der Waals surface area contributed by atoms with Crippen molar-refractivity contribution >= 4 is 27.8 Å². The highest BCUT2D eigenvalue weighted by Gasteiger charge is 2.36. The fourth-order valence-electron chi connectivity index (χ4n) is 2.45. The van der Waals surface area contributed by atoms with Gasteiger partial charge in [0.25, 0.3) is 5.91 Å². The molecule has 1 aliphatic rings. The molecule has 7 nitrogen and oxygen atoms in total. The summed E-state index contributed by atoms with van der Waals surface area (Å²) in [5.74, 6) is -0.429. The maximum Gasteiger partial charge on any atom is 0.305 e. The molecule has 0 unspecified atom stereocenters. The Morgan fingerprint density at radius 2 is 2.21 bits per heavy atom. The number of carbonyl (C=O) groups is 2. The van der Waals surface area contributed by atoms with Crippen LogP contribution in [0.5, 0.6) is 0 Å². The number of halogens is 1. The molecular formula is C16H16BrN3O4. The molecule has 8 heteroatoms. The summed E-state index contributed by atoms with van der Waals surface area (Å²) in [7, 11) is 0. The number of rotatable bonds is 7. The second-order valence-corrected chi connectivity index (χ2v) is 6.47. The fourth-order valence-corrected chi connectivity index (χ4v) is 2.89. The molecule has 1 fully saturated rings. The van der Waals surface area contributed by atoms with E-state index in [-0.39, 0.29) is 31.3 Å². The Morgan fingerprint density at radius 1 is 1.42 bits per heavy atom. The Balaban J connectivity index is 1.85. The van der Waals surface area contributed by atoms with Crippen LogP contribution in [0.15, 0.2) is 33.7 Å². The molecule has 1 saturated carbocycles. The van der Waals surface area contributed by atoms with E-state index in [1.807, 2.05) is 6.07 Å². The van der Waals surface area contributed by atoms with Crippen LogP contribution in [0.3, 0.4) is 0 Å². The molecule has 1 N–H and O–H groups in total. The molecule has 0 aliphatic heterocycles. The van der Waals surface area contributed by atoms with Crippen LogP contribution in [0, 0.1) is 0 Å². The number of carboxylic acids is 1. The van der Waals surface area contributed by atoms with Gasteiger partial charge in [0, 0.05) is 31.4 Å². The van der Waals surface area contributed by atoms with Crippen LogP contribution in [-0.4, -0.2) is 38.6 Å². The molecular weight excluding hydrogens is 378 g/mol. The topological polar surface area (TPSA) is 96.5 Å². The van der Waals surface area contributed by atoms with Crippen molar-refractivity contribution in [3.63, 3.8) is 0 Å². The standard InChI is InChI=1S/C16H16BrN3O4/c17-15-13(14(24-19-15)11-3-4-11)16(23)20(7-5-12(21)22)9-10-2-1-6-18-8-10/h1-2,6,8,11H,3-5,7,9H2,(H,21,22). The second-order valence-electron chi connectivity index (χ2n) is 5.72. The Hall–Kier alpha value is -2.22. The monoisotopic (exact) mass is 393 g/mol. The largest absolute Gasteiger partial charge is 0.481 e. The van der Waals surface area contributed by atoms with Gasteiger partial charge in [-0.05, 0) is 40.4 Å². The van der Waals surface area contributed by atoms with E-state index in [9.17, 15) is 9.59 Å². The summed E-state index contributed by atoms with van der Waals surface area (Å²) in [6.07, 6.45) is 5.12. The van der Waals surface area contributed by atoms with Crippen LogP contribution >= 0.6 is 15.9 Å². The maximum atomic E-state index is 13.0. The summed E-state index contributed by atoms with van der Waals surface area (Å²) >= 11 is 3.27. The third kappa shape index (κ3) is 3.81. The molecule has 0 bridgehead atoms. The molecule has 0 aromatic carbocycles. The van der Waals surface area contributed by atoms with Gasteiger partial charge in [-0.25, -0.2) is 0 Å². The number of nitrogens with zero attached hydrogens (tertiary/aromatic N) is 3. The highest BCUT2D eigenvalue weighted by Crippen LogP contribution is 2.43. The Kier molecular flexibility index (Phi) is 4.94. The molecule has 2 heterocycles. The van der Waals surface area contributed by atoms with Gasteiger partial charge in [0.1, 0.15) is 5.56 Å². The summed E-state index contributed by atoms with van der Waals surface area (Å²) < 4.78 is 5.66. The molecule has 0 saturated heterocycles. The predicted octanol–water partition coefficient (Wildman–Crippen LogP) is 2.83. The van der Waals surface area contributed by atoms with Crippen LogP contribution in [0.2, 0.25) is 0 Å². The molecule has 2 aromatic heterocycles. The lowest BCUT2D eigenvalue weighted by Crippen LogP contribution is -2.33. The van der Waals surface area contributed by atoms with Crippen LogP contribution in [0.4, 0.5) is 0 Å². The SMILES string of the molecule is O=C(O)CCN(Cc1cccnc1)C(=O)c1c(Br)noc1C1CC1. The molecule has 0 atom stereocenters. The lowest BCUT2D eigenvalue weighted by Gasteiger charge is -2.22. The number of hydrogen-bond acceptors (Lipinski definition) is 5. The quantitative estimate of drug-likeness (QED) is 0.776. The van der Waals surface area contributed by atoms with Gasteiger partial charge < -0.3 is 14.5 Å². The first kappa shape index (κ1) is 16.6. The van der Waals surface area contributed by atoms with Gasteiger partial charge in [-0.3, -0.25) is 14.6 Å². The highest BCUT2D eigenvalue weighted by atomic mass is 79.9. The van der Waals surface area contributed by atoms with E-state index in [1.54, 1.807) is 18.5 Å². The molecule has 126 valence electrons. The number of carboxylic acid groups (broad SMARTS) is 1. The zero-order chi connectivity index (χ0) is 17.1. The Morgan fingerprint density at radius 3 is 2.83 bits per heavy atom. The van der Waals surface area contributed by atoms with Gasteiger partial charge in [0.05, 0.1) is 6.42 Å². The molecule has 1 aliphatic carbocycles. The van der Waals surface area contributed by atoms with Gasteiger partial charge in [-0.15, -0.1) is 0 Å². The first-order valence-corrected chi connectivity index (χ1v) is 8.40. The van der Waals surface area contributed by atoms with Crippen molar-refractivity contribution in [3.05, 3.63) is 46.0 Å². The molecule has 0 spiro atoms. The lowest BCUT2D eigenvalue weighted by molar-refractivity contribution is -0.137. The summed E-state index contributed by atoms with van der Waals surface area (Å²) in [6.45, 7) is 0.381. The van der Waals surface area contributed by atoms with Crippen molar-refractivity contribution in [2.24, 2.45) is 0 Å². The minimum atomic E-state index is -0.953. The van der Waals surface area contributed by atoms with Crippen molar-refractivity contribution in [3.8, 4) is 0 Å². The number of hydrogen-bond donors (Lipinski definition) is 1. The Bertz CT molecular complexity index is 743. The minimum Gasteiger partial charge on any atom is -0.481 e. The Labute approximate surface area is 146 Å². The second kappa shape index (κ2) is 7.12. The fraction of sp³-hybridized carbons (Fsp3) is 0.375. The molecule has 3 rings (SSSR count). The van der Waals surface area contributed by atoms with Crippen molar-refractivity contribution in [1.82, 2.24) is 15.0 Å². The summed E-state index contributed by atoms with van der Waals surface area (Å²) in [5.41, 5.74) is 1.23. The smallest absolute Gasteiger partial charge is 0.305 e. The van der Waals surface area contributed by atoms with Crippen molar-refractivity contribution in [2.45, 2.75) is 31.7 Å². The van der Waals surface area contributed by atoms with E-state index in [0.717, 1.165) is 18.4 Å². The van der Waals surface area contributed by atoms with E-state index in [1.165, 1.54) is 4.90 Å². The van der Waals surface area contributed by atoms with Crippen molar-refractivity contribution in [2.75, 3.05) is 6.54 Å². The zero-order valence-electron chi connectivity index (χ0n) is 12.8. The van der Waals surface area contributed by atoms with Gasteiger partial charge in [-0.2, -0.15) is 0 Å². The highest BCUT2D eigenvalue weighted by molar-refractivity contribution is 9.10. The number of aromatic nitrogens is 2. The van der Waals surface area contributed by atoms with Crippen LogP contribution in [0.1, 0.15) is 46.9 Å². The number of aliphatic carboxylic acids is 1. The number of pyridine rings is 1. The van der Waals surface area contributed by atoms with Crippen LogP contribution in [0.25, 0.3) is 0 Å². The van der Waals surface area contributed by atoms with Crippen molar-refractivity contribution < 1.29 is 19.2 Å². The third-order valence-electron chi connectivity index (χ3n) is 3.82. The third-order valence-corrected chi connectivity index (χ3v) is 4.36. The summed E-state index contributed by atoms with van der Waals surface area (Å²) in [5, 5.41) is 12.8. The average Bonchev–Trinajstić information content (AvgIpc) is 3.34. The molecule has 0 radical (unpaired) electrons. The van der Waals surface area contributed by atoms with Crippen molar-refractivity contribution in [1.29, 1.82) is 0 Å². The minimum absolute atomic E-state index is 0.102. The van der Waals surface area contributed by atoms with Gasteiger partial charge in [0.2, 0.25) is 0 Å². The van der Waals surface area contributed by atoms with E-state index < -0.39 is 5.97 Å². The summed E-state index contributed by atoms with van der Waals surface area (Å²) in [4.78, 5) is 29.4. The maximum absolute atomic E-state index is 13.0.